The SMILES string of the molecule is CCCC1CCC(C(=O)O)(C(=O)OC(CCC)C(C)C)C1CCC. The van der Waals surface area contributed by atoms with Gasteiger partial charge in [-0.05, 0) is 43.4 Å². The van der Waals surface area contributed by atoms with Gasteiger partial charge in [-0.2, -0.15) is 0 Å². The summed E-state index contributed by atoms with van der Waals surface area (Å²) in [6.07, 6.45) is 6.47. The molecule has 0 aliphatic heterocycles. The summed E-state index contributed by atoms with van der Waals surface area (Å²) in [6, 6.07) is 0. The maximum Gasteiger partial charge on any atom is 0.324 e. The molecule has 0 radical (unpaired) electrons. The van der Waals surface area contributed by atoms with Gasteiger partial charge in [-0.3, -0.25) is 9.59 Å². The zero-order valence-electron chi connectivity index (χ0n) is 16.1. The van der Waals surface area contributed by atoms with E-state index in [2.05, 4.69) is 20.8 Å². The lowest BCUT2D eigenvalue weighted by Crippen LogP contribution is -2.46. The smallest absolute Gasteiger partial charge is 0.324 e. The topological polar surface area (TPSA) is 63.6 Å². The van der Waals surface area contributed by atoms with Crippen LogP contribution in [0, 0.1) is 23.2 Å². The Morgan fingerprint density at radius 1 is 1.12 bits per heavy atom. The van der Waals surface area contributed by atoms with Crippen molar-refractivity contribution in [2.45, 2.75) is 92.1 Å². The molecule has 1 aliphatic rings. The maximum absolute atomic E-state index is 13.0. The van der Waals surface area contributed by atoms with Crippen LogP contribution in [-0.2, 0) is 14.3 Å². The molecule has 1 aliphatic carbocycles. The summed E-state index contributed by atoms with van der Waals surface area (Å²) in [6.45, 7) is 10.3. The third-order valence-electron chi connectivity index (χ3n) is 5.69. The summed E-state index contributed by atoms with van der Waals surface area (Å²) in [4.78, 5) is 25.2. The normalized spacial score (nSPS) is 28.1. The number of hydrogen-bond donors (Lipinski definition) is 1. The van der Waals surface area contributed by atoms with Crippen LogP contribution in [0.1, 0.15) is 86.0 Å². The van der Waals surface area contributed by atoms with Crippen molar-refractivity contribution in [1.29, 1.82) is 0 Å². The minimum absolute atomic E-state index is 0.0955. The largest absolute Gasteiger partial charge is 0.480 e. The van der Waals surface area contributed by atoms with E-state index in [1.54, 1.807) is 0 Å². The van der Waals surface area contributed by atoms with Gasteiger partial charge in [0.2, 0.25) is 0 Å². The van der Waals surface area contributed by atoms with Crippen LogP contribution in [0.25, 0.3) is 0 Å². The van der Waals surface area contributed by atoms with Gasteiger partial charge in [-0.1, -0.05) is 60.3 Å². The van der Waals surface area contributed by atoms with Crippen LogP contribution in [0.3, 0.4) is 0 Å². The molecule has 0 aromatic heterocycles. The predicted molar refractivity (Wildman–Crippen MR) is 95.7 cm³/mol. The molecule has 1 N–H and O–H groups in total. The molecule has 24 heavy (non-hydrogen) atoms. The molecule has 4 atom stereocenters. The summed E-state index contributed by atoms with van der Waals surface area (Å²) in [5, 5.41) is 10.00. The van der Waals surface area contributed by atoms with Crippen molar-refractivity contribution in [2.75, 3.05) is 0 Å². The number of rotatable bonds is 10. The minimum atomic E-state index is -1.34. The van der Waals surface area contributed by atoms with Crippen LogP contribution in [0.15, 0.2) is 0 Å². The van der Waals surface area contributed by atoms with E-state index in [1.807, 2.05) is 13.8 Å². The quantitative estimate of drug-likeness (QED) is 0.446. The molecule has 1 saturated carbocycles. The summed E-state index contributed by atoms with van der Waals surface area (Å²) in [5.74, 6) is -1.04. The first-order valence-corrected chi connectivity index (χ1v) is 9.79. The highest BCUT2D eigenvalue weighted by Crippen LogP contribution is 2.52. The zero-order chi connectivity index (χ0) is 18.3. The van der Waals surface area contributed by atoms with Gasteiger partial charge >= 0.3 is 11.9 Å². The third kappa shape index (κ3) is 4.31. The van der Waals surface area contributed by atoms with E-state index in [0.717, 1.165) is 44.9 Å². The van der Waals surface area contributed by atoms with Crippen LogP contribution in [-0.4, -0.2) is 23.1 Å². The lowest BCUT2D eigenvalue weighted by Gasteiger charge is -2.34. The molecule has 0 saturated heterocycles. The van der Waals surface area contributed by atoms with E-state index >= 15 is 0 Å². The van der Waals surface area contributed by atoms with Gasteiger partial charge in [-0.25, -0.2) is 0 Å². The van der Waals surface area contributed by atoms with Crippen LogP contribution in [0.4, 0.5) is 0 Å². The van der Waals surface area contributed by atoms with Crippen LogP contribution in [0.2, 0.25) is 0 Å². The van der Waals surface area contributed by atoms with E-state index in [0.29, 0.717) is 12.3 Å². The number of esters is 1. The molecule has 4 unspecified atom stereocenters. The summed E-state index contributed by atoms with van der Waals surface area (Å²) < 4.78 is 5.78. The van der Waals surface area contributed by atoms with Gasteiger partial charge in [0.05, 0.1) is 0 Å². The second-order valence-electron chi connectivity index (χ2n) is 7.74. The first-order valence-electron chi connectivity index (χ1n) is 9.79. The average molecular weight is 341 g/mol. The van der Waals surface area contributed by atoms with E-state index in [4.69, 9.17) is 4.74 Å². The number of hydrogen-bond acceptors (Lipinski definition) is 3. The van der Waals surface area contributed by atoms with E-state index in [9.17, 15) is 14.7 Å². The minimum Gasteiger partial charge on any atom is -0.480 e. The average Bonchev–Trinajstić information content (AvgIpc) is 2.87. The summed E-state index contributed by atoms with van der Waals surface area (Å²) >= 11 is 0. The monoisotopic (exact) mass is 340 g/mol. The van der Waals surface area contributed by atoms with Gasteiger partial charge in [0.1, 0.15) is 6.10 Å². The Labute approximate surface area is 147 Å². The Balaban J connectivity index is 3.09. The molecule has 1 fully saturated rings. The van der Waals surface area contributed by atoms with Crippen molar-refractivity contribution in [3.8, 4) is 0 Å². The Kier molecular flexibility index (Phi) is 8.24. The maximum atomic E-state index is 13.0. The molecule has 1 rings (SSSR count). The van der Waals surface area contributed by atoms with Gasteiger partial charge < -0.3 is 9.84 Å². The lowest BCUT2D eigenvalue weighted by atomic mass is 9.72. The fraction of sp³-hybridized carbons (Fsp3) is 0.900. The molecule has 4 nitrogen and oxygen atoms in total. The van der Waals surface area contributed by atoms with Crippen LogP contribution < -0.4 is 0 Å². The highest BCUT2D eigenvalue weighted by molar-refractivity contribution is 6.00. The van der Waals surface area contributed by atoms with Crippen LogP contribution in [0.5, 0.6) is 0 Å². The molecule has 4 heteroatoms. The molecule has 0 heterocycles. The molecule has 140 valence electrons. The van der Waals surface area contributed by atoms with Crippen molar-refractivity contribution < 1.29 is 19.4 Å². The number of aliphatic carboxylic acids is 1. The fourth-order valence-electron chi connectivity index (χ4n) is 4.37. The van der Waals surface area contributed by atoms with Crippen molar-refractivity contribution in [3.05, 3.63) is 0 Å². The molecular weight excluding hydrogens is 304 g/mol. The molecule has 0 amide bonds. The Morgan fingerprint density at radius 2 is 1.75 bits per heavy atom. The Morgan fingerprint density at radius 3 is 2.21 bits per heavy atom. The van der Waals surface area contributed by atoms with Gasteiger partial charge in [0.25, 0.3) is 0 Å². The summed E-state index contributed by atoms with van der Waals surface area (Å²) in [5.41, 5.74) is -1.34. The second-order valence-corrected chi connectivity index (χ2v) is 7.74. The first kappa shape index (κ1) is 21.0. The van der Waals surface area contributed by atoms with Crippen molar-refractivity contribution >= 4 is 11.9 Å². The van der Waals surface area contributed by atoms with Crippen LogP contribution >= 0.6 is 0 Å². The summed E-state index contributed by atoms with van der Waals surface area (Å²) in [7, 11) is 0. The Bertz CT molecular complexity index is 418. The predicted octanol–water partition coefficient (Wildman–Crippen LogP) is 5.05. The number of carbonyl (C=O) groups excluding carboxylic acids is 1. The number of carboxylic acid groups (broad SMARTS) is 1. The zero-order valence-corrected chi connectivity index (χ0v) is 16.1. The molecule has 0 spiro atoms. The third-order valence-corrected chi connectivity index (χ3v) is 5.69. The Hall–Kier alpha value is -1.06. The first-order chi connectivity index (χ1) is 11.3. The fourth-order valence-corrected chi connectivity index (χ4v) is 4.37. The van der Waals surface area contributed by atoms with Gasteiger partial charge in [0.15, 0.2) is 5.41 Å². The van der Waals surface area contributed by atoms with E-state index in [-0.39, 0.29) is 17.9 Å². The molecule has 0 aromatic carbocycles. The number of carboxylic acids is 1. The number of ether oxygens (including phenoxy) is 1. The van der Waals surface area contributed by atoms with Gasteiger partial charge in [0, 0.05) is 0 Å². The molecule has 0 aromatic rings. The van der Waals surface area contributed by atoms with Crippen molar-refractivity contribution in [2.24, 2.45) is 23.2 Å². The van der Waals surface area contributed by atoms with E-state index < -0.39 is 17.4 Å². The highest BCUT2D eigenvalue weighted by atomic mass is 16.5. The highest BCUT2D eigenvalue weighted by Gasteiger charge is 2.59. The van der Waals surface area contributed by atoms with E-state index in [1.165, 1.54) is 0 Å². The van der Waals surface area contributed by atoms with Crippen molar-refractivity contribution in [1.82, 2.24) is 0 Å². The van der Waals surface area contributed by atoms with Gasteiger partial charge in [-0.15, -0.1) is 0 Å². The lowest BCUT2D eigenvalue weighted by molar-refractivity contribution is -0.178. The molecular formula is C20H36O4. The standard InChI is InChI=1S/C20H36O4/c1-6-9-15-12-13-20(18(21)22,16(15)10-7-2)19(23)24-17(11-8-3)14(4)5/h14-17H,6-13H2,1-5H3,(H,21,22). The second kappa shape index (κ2) is 9.43. The number of carbonyl (C=O) groups is 2. The molecule has 0 bridgehead atoms. The van der Waals surface area contributed by atoms with Crippen molar-refractivity contribution in [3.63, 3.8) is 0 Å².